The highest BCUT2D eigenvalue weighted by Crippen LogP contribution is 2.27. The van der Waals surface area contributed by atoms with Crippen LogP contribution in [-0.4, -0.2) is 82.7 Å². The highest BCUT2D eigenvalue weighted by molar-refractivity contribution is 6.05. The summed E-state index contributed by atoms with van der Waals surface area (Å²) < 4.78 is 1.80. The Labute approximate surface area is 210 Å². The molecular formula is C28H44N6O. The number of rotatable bonds is 8. The standard InChI is InChI=1S/C28H44N6O/c1-31-28-24(10-11-26(29-28)34-18-7-2-3-8-19-34)27(30-31)25(35)22-23-12-20-33(21-13-23)17-9-16-32-14-5-4-6-15-32/h10-11,23H,2-9,12-22H2,1H3. The first-order valence-corrected chi connectivity index (χ1v) is 14.2. The molecule has 3 aliphatic heterocycles. The number of fused-ring (bicyclic) bond motifs is 1. The number of carbonyl (C=O) groups is 1. The third-order valence-corrected chi connectivity index (χ3v) is 8.44. The largest absolute Gasteiger partial charge is 0.357 e. The Kier molecular flexibility index (Phi) is 8.35. The topological polar surface area (TPSA) is 57.5 Å². The van der Waals surface area contributed by atoms with Gasteiger partial charge in [0, 0.05) is 26.6 Å². The van der Waals surface area contributed by atoms with Crippen molar-refractivity contribution in [2.24, 2.45) is 13.0 Å². The molecule has 0 amide bonds. The maximum atomic E-state index is 13.3. The first-order chi connectivity index (χ1) is 17.2. The van der Waals surface area contributed by atoms with Gasteiger partial charge in [-0.25, -0.2) is 9.67 Å². The van der Waals surface area contributed by atoms with Crippen LogP contribution in [0.3, 0.4) is 0 Å². The fourth-order valence-electron chi connectivity index (χ4n) is 6.28. The number of hydrogen-bond donors (Lipinski definition) is 0. The van der Waals surface area contributed by atoms with Crippen LogP contribution >= 0.6 is 0 Å². The summed E-state index contributed by atoms with van der Waals surface area (Å²) in [6, 6.07) is 4.17. The number of carbonyl (C=O) groups excluding carboxylic acids is 1. The van der Waals surface area contributed by atoms with Gasteiger partial charge in [-0.1, -0.05) is 19.3 Å². The van der Waals surface area contributed by atoms with Gasteiger partial charge in [-0.3, -0.25) is 4.79 Å². The first kappa shape index (κ1) is 24.7. The van der Waals surface area contributed by atoms with Crippen LogP contribution in [-0.2, 0) is 7.05 Å². The van der Waals surface area contributed by atoms with Crippen molar-refractivity contribution >= 4 is 22.6 Å². The Morgan fingerprint density at radius 2 is 1.49 bits per heavy atom. The third-order valence-electron chi connectivity index (χ3n) is 8.44. The number of aryl methyl sites for hydroxylation is 1. The highest BCUT2D eigenvalue weighted by atomic mass is 16.1. The number of pyridine rings is 1. The molecule has 0 aromatic carbocycles. The van der Waals surface area contributed by atoms with Crippen LogP contribution in [0.4, 0.5) is 5.82 Å². The van der Waals surface area contributed by atoms with Gasteiger partial charge in [-0.05, 0) is 102 Å². The number of piperidine rings is 2. The average molecular weight is 481 g/mol. The minimum absolute atomic E-state index is 0.184. The lowest BCUT2D eigenvalue weighted by molar-refractivity contribution is 0.0921. The SMILES string of the molecule is Cn1nc(C(=O)CC2CCN(CCCN3CCCCC3)CC2)c2ccc(N3CCCCCC3)nc21. The van der Waals surface area contributed by atoms with Crippen LogP contribution in [0.5, 0.6) is 0 Å². The molecule has 0 N–H and O–H groups in total. The molecule has 0 saturated carbocycles. The van der Waals surface area contributed by atoms with E-state index in [0.29, 0.717) is 18.0 Å². The van der Waals surface area contributed by atoms with E-state index >= 15 is 0 Å². The summed E-state index contributed by atoms with van der Waals surface area (Å²) in [6.45, 7) is 9.43. The van der Waals surface area contributed by atoms with Crippen molar-refractivity contribution in [1.29, 1.82) is 0 Å². The van der Waals surface area contributed by atoms with E-state index in [2.05, 4.69) is 31.9 Å². The first-order valence-electron chi connectivity index (χ1n) is 14.2. The number of nitrogens with zero attached hydrogens (tertiary/aromatic N) is 6. The van der Waals surface area contributed by atoms with Crippen molar-refractivity contribution in [1.82, 2.24) is 24.6 Å². The van der Waals surface area contributed by atoms with Crippen LogP contribution in [0.1, 0.15) is 81.1 Å². The number of hydrogen-bond acceptors (Lipinski definition) is 6. The van der Waals surface area contributed by atoms with Crippen LogP contribution < -0.4 is 4.90 Å². The van der Waals surface area contributed by atoms with Gasteiger partial charge in [0.1, 0.15) is 11.5 Å². The summed E-state index contributed by atoms with van der Waals surface area (Å²) in [7, 11) is 1.92. The van der Waals surface area contributed by atoms with Gasteiger partial charge < -0.3 is 14.7 Å². The van der Waals surface area contributed by atoms with E-state index in [9.17, 15) is 4.79 Å². The molecule has 0 atom stereocenters. The van der Waals surface area contributed by atoms with E-state index in [4.69, 9.17) is 4.98 Å². The summed E-state index contributed by atoms with van der Waals surface area (Å²) >= 11 is 0. The zero-order valence-electron chi connectivity index (χ0n) is 21.8. The maximum absolute atomic E-state index is 13.3. The zero-order chi connectivity index (χ0) is 24.0. The second kappa shape index (κ2) is 11.8. The Morgan fingerprint density at radius 1 is 0.857 bits per heavy atom. The van der Waals surface area contributed by atoms with Crippen molar-refractivity contribution < 1.29 is 4.79 Å². The number of anilines is 1. The highest BCUT2D eigenvalue weighted by Gasteiger charge is 2.25. The van der Waals surface area contributed by atoms with Gasteiger partial charge in [0.15, 0.2) is 11.4 Å². The lowest BCUT2D eigenvalue weighted by Crippen LogP contribution is -2.37. The molecule has 7 heteroatoms. The summed E-state index contributed by atoms with van der Waals surface area (Å²) in [6.07, 6.45) is 13.4. The van der Waals surface area contributed by atoms with Gasteiger partial charge in [-0.2, -0.15) is 5.10 Å². The molecule has 5 rings (SSSR count). The molecule has 0 bridgehead atoms. The van der Waals surface area contributed by atoms with E-state index in [-0.39, 0.29) is 5.78 Å². The molecule has 3 saturated heterocycles. The van der Waals surface area contributed by atoms with Crippen molar-refractivity contribution in [3.05, 3.63) is 17.8 Å². The van der Waals surface area contributed by atoms with Crippen LogP contribution in [0.25, 0.3) is 11.0 Å². The predicted molar refractivity (Wildman–Crippen MR) is 142 cm³/mol. The van der Waals surface area contributed by atoms with Crippen LogP contribution in [0, 0.1) is 5.92 Å². The zero-order valence-corrected chi connectivity index (χ0v) is 21.8. The summed E-state index contributed by atoms with van der Waals surface area (Å²) in [5.74, 6) is 1.68. The lowest BCUT2D eigenvalue weighted by atomic mass is 9.90. The average Bonchev–Trinajstić information content (AvgIpc) is 3.04. The minimum atomic E-state index is 0.184. The van der Waals surface area contributed by atoms with Crippen molar-refractivity contribution in [2.75, 3.05) is 57.3 Å². The molecule has 0 radical (unpaired) electrons. The molecule has 3 fully saturated rings. The number of likely N-dealkylation sites (tertiary alicyclic amines) is 2. The lowest BCUT2D eigenvalue weighted by Gasteiger charge is -2.32. The fourth-order valence-corrected chi connectivity index (χ4v) is 6.28. The van der Waals surface area contributed by atoms with Gasteiger partial charge >= 0.3 is 0 Å². The number of Topliss-reactive ketones (excluding diaryl/α,β-unsaturated/α-hetero) is 1. The summed E-state index contributed by atoms with van der Waals surface area (Å²) in [4.78, 5) is 25.8. The van der Waals surface area contributed by atoms with E-state index < -0.39 is 0 Å². The Balaban J connectivity index is 1.13. The van der Waals surface area contributed by atoms with Gasteiger partial charge in [0.25, 0.3) is 0 Å². The second-order valence-corrected chi connectivity index (χ2v) is 11.1. The van der Waals surface area contributed by atoms with Crippen molar-refractivity contribution in [3.8, 4) is 0 Å². The maximum Gasteiger partial charge on any atom is 0.184 e. The monoisotopic (exact) mass is 480 g/mol. The smallest absolute Gasteiger partial charge is 0.184 e. The molecule has 2 aromatic heterocycles. The third kappa shape index (κ3) is 6.23. The van der Waals surface area contributed by atoms with E-state index in [0.717, 1.165) is 55.9 Å². The second-order valence-electron chi connectivity index (χ2n) is 11.1. The number of aromatic nitrogens is 3. The van der Waals surface area contributed by atoms with E-state index in [1.807, 2.05) is 7.05 Å². The van der Waals surface area contributed by atoms with Crippen molar-refractivity contribution in [2.45, 2.75) is 70.6 Å². The van der Waals surface area contributed by atoms with Gasteiger partial charge in [0.2, 0.25) is 0 Å². The van der Waals surface area contributed by atoms with E-state index in [1.54, 1.807) is 4.68 Å². The summed E-state index contributed by atoms with van der Waals surface area (Å²) in [5, 5.41) is 5.54. The Bertz CT molecular complexity index is 965. The molecular weight excluding hydrogens is 436 g/mol. The molecule has 0 aliphatic carbocycles. The van der Waals surface area contributed by atoms with Crippen LogP contribution in [0.2, 0.25) is 0 Å². The number of ketones is 1. The normalized spacial score (nSPS) is 21.5. The molecule has 2 aromatic rings. The van der Waals surface area contributed by atoms with Gasteiger partial charge in [0.05, 0.1) is 5.39 Å². The molecule has 5 heterocycles. The van der Waals surface area contributed by atoms with Crippen LogP contribution in [0.15, 0.2) is 12.1 Å². The quantitative estimate of drug-likeness (QED) is 0.518. The van der Waals surface area contributed by atoms with Crippen molar-refractivity contribution in [3.63, 3.8) is 0 Å². The molecule has 7 nitrogen and oxygen atoms in total. The molecule has 0 spiro atoms. The predicted octanol–water partition coefficient (Wildman–Crippen LogP) is 4.51. The molecule has 35 heavy (non-hydrogen) atoms. The minimum Gasteiger partial charge on any atom is -0.357 e. The summed E-state index contributed by atoms with van der Waals surface area (Å²) in [5.41, 5.74) is 1.44. The molecule has 3 aliphatic rings. The van der Waals surface area contributed by atoms with Gasteiger partial charge in [-0.15, -0.1) is 0 Å². The fraction of sp³-hybridized carbons (Fsp3) is 0.750. The molecule has 0 unspecified atom stereocenters. The Hall–Kier alpha value is -1.99. The molecule has 192 valence electrons. The van der Waals surface area contributed by atoms with E-state index in [1.165, 1.54) is 77.5 Å². The Morgan fingerprint density at radius 3 is 2.20 bits per heavy atom.